The third-order valence-corrected chi connectivity index (χ3v) is 7.26. The normalized spacial score (nSPS) is 27.4. The predicted octanol–water partition coefficient (Wildman–Crippen LogP) is 1.50. The van der Waals surface area contributed by atoms with E-state index in [0.717, 1.165) is 0 Å². The molecule has 8 nitrogen and oxygen atoms in total. The number of fused-ring (bicyclic) bond motifs is 1. The van der Waals surface area contributed by atoms with Crippen LogP contribution in [0.1, 0.15) is 26.7 Å². The highest BCUT2D eigenvalue weighted by atomic mass is 19.1. The molecule has 3 fully saturated rings. The minimum absolute atomic E-state index is 0.0487. The van der Waals surface area contributed by atoms with Crippen molar-refractivity contribution in [2.45, 2.75) is 38.8 Å². The van der Waals surface area contributed by atoms with Gasteiger partial charge in [-0.2, -0.15) is 5.26 Å². The van der Waals surface area contributed by atoms with Crippen LogP contribution in [0.4, 0.5) is 13.2 Å². The Kier molecular flexibility index (Phi) is 6.18. The van der Waals surface area contributed by atoms with Crippen molar-refractivity contribution >= 4 is 17.7 Å². The molecule has 0 bridgehead atoms. The average Bonchev–Trinajstić information content (AvgIpc) is 3.11. The second-order valence-electron chi connectivity index (χ2n) is 9.63. The van der Waals surface area contributed by atoms with Crippen molar-refractivity contribution < 1.29 is 32.3 Å². The number of nitriles is 1. The van der Waals surface area contributed by atoms with Crippen LogP contribution in [0.25, 0.3) is 0 Å². The lowest BCUT2D eigenvalue weighted by Crippen LogP contribution is -2.53. The Morgan fingerprint density at radius 2 is 2.00 bits per heavy atom. The van der Waals surface area contributed by atoms with Gasteiger partial charge in [-0.3, -0.25) is 14.4 Å². The molecule has 1 saturated carbocycles. The lowest BCUT2D eigenvalue weighted by atomic mass is 9.97. The van der Waals surface area contributed by atoms with Crippen molar-refractivity contribution in [2.24, 2.45) is 23.2 Å². The molecule has 11 heteroatoms. The summed E-state index contributed by atoms with van der Waals surface area (Å²) in [6.07, 6.45) is 0.741. The van der Waals surface area contributed by atoms with E-state index in [0.29, 0.717) is 25.1 Å². The molecular weight excluding hydrogens is 453 g/mol. The maximum absolute atomic E-state index is 13.8. The molecular formula is C23H25F3N4O4. The third kappa shape index (κ3) is 4.29. The highest BCUT2D eigenvalue weighted by Crippen LogP contribution is 2.64. The van der Waals surface area contributed by atoms with Crippen molar-refractivity contribution in [3.63, 3.8) is 0 Å². The van der Waals surface area contributed by atoms with Gasteiger partial charge in [-0.25, -0.2) is 13.2 Å². The van der Waals surface area contributed by atoms with E-state index in [1.807, 2.05) is 19.9 Å². The summed E-state index contributed by atoms with van der Waals surface area (Å²) in [7, 11) is 0. The van der Waals surface area contributed by atoms with Crippen LogP contribution in [0.3, 0.4) is 0 Å². The molecule has 2 heterocycles. The lowest BCUT2D eigenvalue weighted by molar-refractivity contribution is -0.142. The smallest absolute Gasteiger partial charge is 0.261 e. The zero-order chi connectivity index (χ0) is 24.8. The first-order valence-corrected chi connectivity index (χ1v) is 11.1. The summed E-state index contributed by atoms with van der Waals surface area (Å²) in [6.45, 7) is 4.00. The Labute approximate surface area is 194 Å². The number of piperidine rings is 1. The third-order valence-electron chi connectivity index (χ3n) is 7.26. The van der Waals surface area contributed by atoms with Gasteiger partial charge >= 0.3 is 0 Å². The monoisotopic (exact) mass is 478 g/mol. The van der Waals surface area contributed by atoms with Gasteiger partial charge in [0.1, 0.15) is 17.9 Å². The van der Waals surface area contributed by atoms with Crippen LogP contribution in [0, 0.1) is 52.0 Å². The molecule has 2 saturated heterocycles. The Morgan fingerprint density at radius 1 is 1.32 bits per heavy atom. The molecule has 2 aliphatic heterocycles. The number of rotatable bonds is 7. The summed E-state index contributed by atoms with van der Waals surface area (Å²) in [4.78, 5) is 39.2. The largest absolute Gasteiger partial charge is 0.478 e. The fourth-order valence-electron chi connectivity index (χ4n) is 5.28. The van der Waals surface area contributed by atoms with Crippen LogP contribution in [0.2, 0.25) is 0 Å². The zero-order valence-corrected chi connectivity index (χ0v) is 18.7. The average molecular weight is 478 g/mol. The fraction of sp³-hybridized carbons (Fsp3) is 0.565. The Balaban J connectivity index is 1.44. The second kappa shape index (κ2) is 8.81. The molecule has 5 atom stereocenters. The minimum atomic E-state index is -1.28. The first-order valence-electron chi connectivity index (χ1n) is 11.1. The van der Waals surface area contributed by atoms with Crippen LogP contribution in [-0.4, -0.2) is 54.4 Å². The molecule has 3 aliphatic rings. The number of nitrogens with zero attached hydrogens (tertiary/aromatic N) is 2. The van der Waals surface area contributed by atoms with E-state index in [4.69, 9.17) is 4.74 Å². The molecule has 0 radical (unpaired) electrons. The standard InChI is InChI=1S/C23H25F3N4O4/c1-23(2)14-9-30(17(31)10-34-20-15(25)6-12(24)7-16(20)26)19(18(14)23)22(33)29-13(8-27)5-11-3-4-28-21(11)32/h6-7,11,13-14,18-19H,3-5,9-10H2,1-2H3,(H,28,32)(H,29,33)/t11-,13-,14-,18+,19-/m0/s1. The van der Waals surface area contributed by atoms with Gasteiger partial charge in [-0.1, -0.05) is 13.8 Å². The maximum Gasteiger partial charge on any atom is 0.261 e. The second-order valence-corrected chi connectivity index (χ2v) is 9.63. The summed E-state index contributed by atoms with van der Waals surface area (Å²) in [5.74, 6) is -6.36. The van der Waals surface area contributed by atoms with Gasteiger partial charge in [0.25, 0.3) is 5.91 Å². The van der Waals surface area contributed by atoms with Gasteiger partial charge in [0.2, 0.25) is 11.8 Å². The summed E-state index contributed by atoms with van der Waals surface area (Å²) in [6, 6.07) is 1.11. The molecule has 1 aliphatic carbocycles. The maximum atomic E-state index is 13.8. The highest BCUT2D eigenvalue weighted by molar-refractivity contribution is 5.90. The Hall–Kier alpha value is -3.29. The fourth-order valence-corrected chi connectivity index (χ4v) is 5.28. The molecule has 4 rings (SSSR count). The number of nitrogens with one attached hydrogen (secondary N) is 2. The number of hydrogen-bond donors (Lipinski definition) is 2. The molecule has 1 aromatic rings. The molecule has 0 aromatic heterocycles. The molecule has 34 heavy (non-hydrogen) atoms. The SMILES string of the molecule is CC1(C)[C@H]2[C@@H](C(=O)N[C@H](C#N)C[C@@H]3CCNC3=O)N(C(=O)COc3c(F)cc(F)cc3F)C[C@@H]21. The van der Waals surface area contributed by atoms with E-state index in [1.165, 1.54) is 4.90 Å². The quantitative estimate of drug-likeness (QED) is 0.617. The van der Waals surface area contributed by atoms with Crippen molar-refractivity contribution in [3.8, 4) is 11.8 Å². The van der Waals surface area contributed by atoms with E-state index in [-0.39, 0.29) is 42.0 Å². The number of ether oxygens (including phenoxy) is 1. The molecule has 182 valence electrons. The van der Waals surface area contributed by atoms with Gasteiger partial charge in [0, 0.05) is 31.1 Å². The van der Waals surface area contributed by atoms with Crippen LogP contribution in [-0.2, 0) is 14.4 Å². The first-order chi connectivity index (χ1) is 16.0. The van der Waals surface area contributed by atoms with Gasteiger partial charge in [0.05, 0.1) is 6.07 Å². The van der Waals surface area contributed by atoms with Gasteiger partial charge in [0.15, 0.2) is 24.0 Å². The van der Waals surface area contributed by atoms with Crippen LogP contribution >= 0.6 is 0 Å². The lowest BCUT2D eigenvalue weighted by Gasteiger charge is -2.30. The first kappa shape index (κ1) is 23.9. The molecule has 1 aromatic carbocycles. The number of amides is 3. The van der Waals surface area contributed by atoms with E-state index in [1.54, 1.807) is 0 Å². The number of halogens is 3. The molecule has 0 unspecified atom stereocenters. The van der Waals surface area contributed by atoms with Gasteiger partial charge in [-0.05, 0) is 30.1 Å². The van der Waals surface area contributed by atoms with Crippen molar-refractivity contribution in [1.82, 2.24) is 15.5 Å². The van der Waals surface area contributed by atoms with Crippen LogP contribution in [0.15, 0.2) is 12.1 Å². The Bertz CT molecular complexity index is 1050. The van der Waals surface area contributed by atoms with E-state index in [9.17, 15) is 32.8 Å². The summed E-state index contributed by atoms with van der Waals surface area (Å²) >= 11 is 0. The number of carbonyl (C=O) groups is 3. The van der Waals surface area contributed by atoms with Gasteiger partial charge in [-0.15, -0.1) is 0 Å². The summed E-state index contributed by atoms with van der Waals surface area (Å²) in [5, 5.41) is 14.9. The molecule has 2 N–H and O–H groups in total. The summed E-state index contributed by atoms with van der Waals surface area (Å²) < 4.78 is 45.8. The van der Waals surface area contributed by atoms with Crippen molar-refractivity contribution in [2.75, 3.05) is 19.7 Å². The predicted molar refractivity (Wildman–Crippen MR) is 111 cm³/mol. The topological polar surface area (TPSA) is 112 Å². The van der Waals surface area contributed by atoms with Crippen LogP contribution < -0.4 is 15.4 Å². The van der Waals surface area contributed by atoms with Crippen LogP contribution in [0.5, 0.6) is 5.75 Å². The zero-order valence-electron chi connectivity index (χ0n) is 18.7. The van der Waals surface area contributed by atoms with Crippen molar-refractivity contribution in [3.05, 3.63) is 29.6 Å². The minimum Gasteiger partial charge on any atom is -0.478 e. The highest BCUT2D eigenvalue weighted by Gasteiger charge is 2.69. The number of hydrogen-bond acceptors (Lipinski definition) is 5. The van der Waals surface area contributed by atoms with Gasteiger partial charge < -0.3 is 20.3 Å². The molecule has 3 amide bonds. The Morgan fingerprint density at radius 3 is 2.59 bits per heavy atom. The van der Waals surface area contributed by atoms with E-state index < -0.39 is 53.7 Å². The number of carbonyl (C=O) groups excluding carboxylic acids is 3. The molecule has 0 spiro atoms. The van der Waals surface area contributed by atoms with E-state index >= 15 is 0 Å². The van der Waals surface area contributed by atoms with E-state index in [2.05, 4.69) is 10.6 Å². The van der Waals surface area contributed by atoms with Crippen molar-refractivity contribution in [1.29, 1.82) is 5.26 Å². The number of likely N-dealkylation sites (tertiary alicyclic amines) is 1. The summed E-state index contributed by atoms with van der Waals surface area (Å²) in [5.41, 5.74) is -0.192. The number of benzene rings is 1.